The predicted molar refractivity (Wildman–Crippen MR) is 74.0 cm³/mol. The normalized spacial score (nSPS) is 28.4. The number of benzene rings is 1. The molecule has 2 bridgehead atoms. The van der Waals surface area contributed by atoms with E-state index in [2.05, 4.69) is 0 Å². The number of fused-ring (bicyclic) bond motifs is 2. The number of aliphatic hydroxyl groups excluding tert-OH is 1. The van der Waals surface area contributed by atoms with Gasteiger partial charge >= 0.3 is 12.4 Å². The van der Waals surface area contributed by atoms with Crippen molar-refractivity contribution in [2.75, 3.05) is 0 Å². The SMILES string of the molecule is OC1C[C@H]2CC[C@@H](C1)N2Cc1ccc(C(F)(F)F)cc1C(F)(F)F. The molecule has 24 heavy (non-hydrogen) atoms. The van der Waals surface area contributed by atoms with Crippen molar-refractivity contribution in [1.29, 1.82) is 0 Å². The molecule has 134 valence electrons. The predicted octanol–water partition coefficient (Wildman–Crippen LogP) is 4.21. The van der Waals surface area contributed by atoms with Crippen LogP contribution in [0, 0.1) is 0 Å². The molecule has 3 rings (SSSR count). The van der Waals surface area contributed by atoms with E-state index in [-0.39, 0.29) is 30.3 Å². The van der Waals surface area contributed by atoms with Crippen LogP contribution in [0.15, 0.2) is 18.2 Å². The van der Waals surface area contributed by atoms with Crippen molar-refractivity contribution in [3.05, 3.63) is 34.9 Å². The van der Waals surface area contributed by atoms with Gasteiger partial charge in [-0.05, 0) is 43.4 Å². The minimum atomic E-state index is -4.84. The van der Waals surface area contributed by atoms with Crippen LogP contribution in [0.1, 0.15) is 42.4 Å². The number of aliphatic hydroxyl groups is 1. The Morgan fingerprint density at radius 3 is 2.04 bits per heavy atom. The summed E-state index contributed by atoms with van der Waals surface area (Å²) in [7, 11) is 0. The Hall–Kier alpha value is -1.28. The highest BCUT2D eigenvalue weighted by Gasteiger charge is 2.42. The number of piperidine rings is 1. The highest BCUT2D eigenvalue weighted by Crippen LogP contribution is 2.41. The first-order valence-electron chi connectivity index (χ1n) is 7.77. The van der Waals surface area contributed by atoms with Crippen molar-refractivity contribution >= 4 is 0 Å². The topological polar surface area (TPSA) is 23.5 Å². The van der Waals surface area contributed by atoms with E-state index >= 15 is 0 Å². The van der Waals surface area contributed by atoms with E-state index in [1.165, 1.54) is 0 Å². The van der Waals surface area contributed by atoms with E-state index in [0.29, 0.717) is 18.9 Å². The van der Waals surface area contributed by atoms with Crippen molar-refractivity contribution in [2.24, 2.45) is 0 Å². The zero-order chi connectivity index (χ0) is 17.7. The molecule has 0 aliphatic carbocycles. The van der Waals surface area contributed by atoms with Crippen LogP contribution in [-0.4, -0.2) is 28.2 Å². The molecule has 2 nitrogen and oxygen atoms in total. The summed E-state index contributed by atoms with van der Waals surface area (Å²) in [5.74, 6) is 0. The van der Waals surface area contributed by atoms with Crippen molar-refractivity contribution < 1.29 is 31.4 Å². The molecule has 1 unspecified atom stereocenters. The van der Waals surface area contributed by atoms with Crippen molar-refractivity contribution in [3.63, 3.8) is 0 Å². The molecule has 0 radical (unpaired) electrons. The maximum Gasteiger partial charge on any atom is 0.416 e. The fourth-order valence-corrected chi connectivity index (χ4v) is 3.85. The number of hydrogen-bond acceptors (Lipinski definition) is 2. The molecule has 0 aromatic heterocycles. The number of rotatable bonds is 2. The standard InChI is InChI=1S/C16H17F6NO/c17-15(18,19)10-2-1-9(14(5-10)16(20,21)22)8-23-11-3-4-12(23)7-13(24)6-11/h1-2,5,11-13,24H,3-4,6-8H2/t11-,12+,13?. The summed E-state index contributed by atoms with van der Waals surface area (Å²) in [6, 6.07) is 1.79. The van der Waals surface area contributed by atoms with Crippen LogP contribution in [0.5, 0.6) is 0 Å². The van der Waals surface area contributed by atoms with Crippen LogP contribution in [0.4, 0.5) is 26.3 Å². The molecule has 2 fully saturated rings. The second kappa shape index (κ2) is 5.91. The quantitative estimate of drug-likeness (QED) is 0.805. The van der Waals surface area contributed by atoms with Gasteiger partial charge in [-0.15, -0.1) is 0 Å². The lowest BCUT2D eigenvalue weighted by atomic mass is 9.97. The first-order valence-corrected chi connectivity index (χ1v) is 7.77. The maximum absolute atomic E-state index is 13.2. The fourth-order valence-electron chi connectivity index (χ4n) is 3.85. The number of nitrogens with zero attached hydrogens (tertiary/aromatic N) is 1. The summed E-state index contributed by atoms with van der Waals surface area (Å²) in [5.41, 5.74) is -2.68. The van der Waals surface area contributed by atoms with Crippen molar-refractivity contribution in [1.82, 2.24) is 4.90 Å². The summed E-state index contributed by atoms with van der Waals surface area (Å²) >= 11 is 0. The summed E-state index contributed by atoms with van der Waals surface area (Å²) < 4.78 is 77.8. The van der Waals surface area contributed by atoms with Gasteiger partial charge in [0.25, 0.3) is 0 Å². The highest BCUT2D eigenvalue weighted by molar-refractivity contribution is 5.35. The van der Waals surface area contributed by atoms with Gasteiger partial charge in [0.15, 0.2) is 0 Å². The fraction of sp³-hybridized carbons (Fsp3) is 0.625. The third-order valence-electron chi connectivity index (χ3n) is 4.95. The molecule has 1 aromatic rings. The molecule has 1 aromatic carbocycles. The van der Waals surface area contributed by atoms with Gasteiger partial charge in [-0.3, -0.25) is 4.90 Å². The number of halogens is 6. The van der Waals surface area contributed by atoms with Crippen LogP contribution in [0.3, 0.4) is 0 Å². The van der Waals surface area contributed by atoms with E-state index in [4.69, 9.17) is 0 Å². The van der Waals surface area contributed by atoms with Gasteiger partial charge in [-0.1, -0.05) is 6.07 Å². The first kappa shape index (κ1) is 17.5. The average Bonchev–Trinajstić information content (AvgIpc) is 2.68. The Morgan fingerprint density at radius 2 is 1.54 bits per heavy atom. The minimum Gasteiger partial charge on any atom is -0.393 e. The second-order valence-electron chi connectivity index (χ2n) is 6.55. The first-order chi connectivity index (χ1) is 11.1. The third-order valence-corrected chi connectivity index (χ3v) is 4.95. The highest BCUT2D eigenvalue weighted by atomic mass is 19.4. The molecule has 1 N–H and O–H groups in total. The van der Waals surface area contributed by atoms with Gasteiger partial charge in [-0.25, -0.2) is 0 Å². The van der Waals surface area contributed by atoms with Gasteiger partial charge < -0.3 is 5.11 Å². The second-order valence-corrected chi connectivity index (χ2v) is 6.55. The zero-order valence-electron chi connectivity index (χ0n) is 12.7. The molecular weight excluding hydrogens is 336 g/mol. The molecule has 0 saturated carbocycles. The van der Waals surface area contributed by atoms with Crippen LogP contribution >= 0.6 is 0 Å². The Bertz CT molecular complexity index is 598. The Kier molecular flexibility index (Phi) is 4.32. The molecule has 0 spiro atoms. The lowest BCUT2D eigenvalue weighted by molar-refractivity contribution is -0.143. The molecular formula is C16H17F6NO. The minimum absolute atomic E-state index is 0.0119. The Morgan fingerprint density at radius 1 is 0.958 bits per heavy atom. The molecule has 3 atom stereocenters. The molecule has 2 heterocycles. The third kappa shape index (κ3) is 3.39. The van der Waals surface area contributed by atoms with Gasteiger partial charge in [-0.2, -0.15) is 26.3 Å². The maximum atomic E-state index is 13.2. The molecule has 2 saturated heterocycles. The van der Waals surface area contributed by atoms with Crippen LogP contribution in [0.25, 0.3) is 0 Å². The van der Waals surface area contributed by atoms with E-state index in [1.807, 2.05) is 4.90 Å². The average molecular weight is 353 g/mol. The van der Waals surface area contributed by atoms with Crippen LogP contribution in [0.2, 0.25) is 0 Å². The van der Waals surface area contributed by atoms with Crippen LogP contribution < -0.4 is 0 Å². The monoisotopic (exact) mass is 353 g/mol. The van der Waals surface area contributed by atoms with E-state index in [0.717, 1.165) is 18.9 Å². The lowest BCUT2D eigenvalue weighted by Crippen LogP contribution is -2.44. The summed E-state index contributed by atoms with van der Waals surface area (Å²) in [6.45, 7) is -0.0466. The number of alkyl halides is 6. The lowest BCUT2D eigenvalue weighted by Gasteiger charge is -2.37. The van der Waals surface area contributed by atoms with E-state index in [1.54, 1.807) is 0 Å². The molecule has 0 amide bonds. The van der Waals surface area contributed by atoms with Crippen LogP contribution in [-0.2, 0) is 18.9 Å². The zero-order valence-corrected chi connectivity index (χ0v) is 12.7. The molecule has 2 aliphatic heterocycles. The van der Waals surface area contributed by atoms with Gasteiger partial charge in [0, 0.05) is 18.6 Å². The summed E-state index contributed by atoms with van der Waals surface area (Å²) in [4.78, 5) is 1.89. The van der Waals surface area contributed by atoms with E-state index < -0.39 is 29.6 Å². The van der Waals surface area contributed by atoms with Gasteiger partial charge in [0.05, 0.1) is 17.2 Å². The summed E-state index contributed by atoms with van der Waals surface area (Å²) in [6.07, 6.45) is -7.52. The Balaban J connectivity index is 1.91. The van der Waals surface area contributed by atoms with Crippen molar-refractivity contribution in [3.8, 4) is 0 Å². The largest absolute Gasteiger partial charge is 0.416 e. The van der Waals surface area contributed by atoms with E-state index in [9.17, 15) is 31.4 Å². The smallest absolute Gasteiger partial charge is 0.393 e. The summed E-state index contributed by atoms with van der Waals surface area (Å²) in [5, 5.41) is 9.75. The van der Waals surface area contributed by atoms with Gasteiger partial charge in [0.2, 0.25) is 0 Å². The number of hydrogen-bond donors (Lipinski definition) is 1. The Labute approximate surface area is 135 Å². The molecule has 8 heteroatoms. The van der Waals surface area contributed by atoms with Crippen molar-refractivity contribution in [2.45, 2.75) is 62.8 Å². The van der Waals surface area contributed by atoms with Gasteiger partial charge in [0.1, 0.15) is 0 Å². The molecule has 2 aliphatic rings.